The Balaban J connectivity index is 1.80. The van der Waals surface area contributed by atoms with E-state index in [1.165, 1.54) is 4.31 Å². The number of aromatic nitrogens is 1. The molecule has 0 amide bonds. The van der Waals surface area contributed by atoms with Crippen molar-refractivity contribution in [3.8, 4) is 17.1 Å². The molecule has 21 heavy (non-hydrogen) atoms. The molecule has 1 aromatic carbocycles. The molecule has 2 aromatic rings. The summed E-state index contributed by atoms with van der Waals surface area (Å²) in [5.74, 6) is 1.93. The van der Waals surface area contributed by atoms with Gasteiger partial charge in [0.25, 0.3) is 0 Å². The Morgan fingerprint density at radius 1 is 1.43 bits per heavy atom. The van der Waals surface area contributed by atoms with E-state index in [1.54, 1.807) is 13.3 Å². The zero-order valence-electron chi connectivity index (χ0n) is 11.7. The highest BCUT2D eigenvalue weighted by molar-refractivity contribution is 7.89. The number of benzene rings is 1. The van der Waals surface area contributed by atoms with Gasteiger partial charge in [-0.2, -0.15) is 4.31 Å². The SMILES string of the molecule is COc1cccc(-c2cnc(CN3CCCS3(=O)=O)o2)c1. The Hall–Kier alpha value is -1.86. The van der Waals surface area contributed by atoms with Crippen LogP contribution in [0.3, 0.4) is 0 Å². The molecule has 6 nitrogen and oxygen atoms in total. The first-order chi connectivity index (χ1) is 10.1. The van der Waals surface area contributed by atoms with Gasteiger partial charge in [-0.05, 0) is 18.6 Å². The maximum Gasteiger partial charge on any atom is 0.214 e. The lowest BCUT2D eigenvalue weighted by Gasteiger charge is -2.10. The Kier molecular flexibility index (Phi) is 3.69. The Morgan fingerprint density at radius 2 is 2.29 bits per heavy atom. The first-order valence-electron chi connectivity index (χ1n) is 6.65. The first kappa shape index (κ1) is 14.1. The molecule has 0 unspecified atom stereocenters. The van der Waals surface area contributed by atoms with E-state index in [9.17, 15) is 8.42 Å². The highest BCUT2D eigenvalue weighted by Crippen LogP contribution is 2.25. The molecule has 1 aliphatic rings. The quantitative estimate of drug-likeness (QED) is 0.862. The third-order valence-electron chi connectivity index (χ3n) is 3.42. The van der Waals surface area contributed by atoms with Gasteiger partial charge in [0, 0.05) is 12.1 Å². The zero-order chi connectivity index (χ0) is 14.9. The van der Waals surface area contributed by atoms with Crippen LogP contribution in [0.4, 0.5) is 0 Å². The van der Waals surface area contributed by atoms with E-state index < -0.39 is 10.0 Å². The van der Waals surface area contributed by atoms with Gasteiger partial charge in [0.1, 0.15) is 5.75 Å². The molecule has 0 N–H and O–H groups in total. The van der Waals surface area contributed by atoms with Crippen LogP contribution in [0.2, 0.25) is 0 Å². The summed E-state index contributed by atoms with van der Waals surface area (Å²) in [6.07, 6.45) is 2.26. The average Bonchev–Trinajstić information content (AvgIpc) is 3.07. The third kappa shape index (κ3) is 2.93. The first-order valence-corrected chi connectivity index (χ1v) is 8.26. The molecule has 0 atom stereocenters. The monoisotopic (exact) mass is 308 g/mol. The van der Waals surface area contributed by atoms with Crippen LogP contribution in [0.25, 0.3) is 11.3 Å². The summed E-state index contributed by atoms with van der Waals surface area (Å²) in [4.78, 5) is 4.16. The van der Waals surface area contributed by atoms with Crippen molar-refractivity contribution in [1.29, 1.82) is 0 Å². The number of rotatable bonds is 4. The molecule has 7 heteroatoms. The second-order valence-electron chi connectivity index (χ2n) is 4.85. The fraction of sp³-hybridized carbons (Fsp3) is 0.357. The van der Waals surface area contributed by atoms with Crippen LogP contribution in [-0.2, 0) is 16.6 Å². The summed E-state index contributed by atoms with van der Waals surface area (Å²) in [6, 6.07) is 7.44. The molecule has 0 bridgehead atoms. The summed E-state index contributed by atoms with van der Waals surface area (Å²) in [6.45, 7) is 0.714. The van der Waals surface area contributed by atoms with Crippen molar-refractivity contribution >= 4 is 10.0 Å². The van der Waals surface area contributed by atoms with Crippen molar-refractivity contribution in [2.75, 3.05) is 19.4 Å². The second kappa shape index (κ2) is 5.50. The normalized spacial score (nSPS) is 18.0. The van der Waals surface area contributed by atoms with Crippen LogP contribution in [0, 0.1) is 0 Å². The lowest BCUT2D eigenvalue weighted by molar-refractivity contribution is 0.378. The molecule has 3 rings (SSSR count). The molecular weight excluding hydrogens is 292 g/mol. The number of methoxy groups -OCH3 is 1. The topological polar surface area (TPSA) is 72.6 Å². The summed E-state index contributed by atoms with van der Waals surface area (Å²) >= 11 is 0. The van der Waals surface area contributed by atoms with Crippen LogP contribution < -0.4 is 4.74 Å². The molecule has 1 aromatic heterocycles. The Morgan fingerprint density at radius 3 is 3.00 bits per heavy atom. The third-order valence-corrected chi connectivity index (χ3v) is 5.33. The van der Waals surface area contributed by atoms with Crippen LogP contribution in [-0.4, -0.2) is 37.1 Å². The van der Waals surface area contributed by atoms with E-state index in [0.717, 1.165) is 11.3 Å². The number of sulfonamides is 1. The molecule has 112 valence electrons. The van der Waals surface area contributed by atoms with Crippen molar-refractivity contribution in [2.24, 2.45) is 0 Å². The van der Waals surface area contributed by atoms with Crippen molar-refractivity contribution < 1.29 is 17.6 Å². The predicted octanol–water partition coefficient (Wildman–Crippen LogP) is 1.89. The minimum Gasteiger partial charge on any atom is -0.497 e. The van der Waals surface area contributed by atoms with Gasteiger partial charge in [0.05, 0.1) is 25.6 Å². The van der Waals surface area contributed by atoms with Gasteiger partial charge in [-0.3, -0.25) is 0 Å². The van der Waals surface area contributed by atoms with Crippen LogP contribution in [0.15, 0.2) is 34.9 Å². The van der Waals surface area contributed by atoms with Gasteiger partial charge < -0.3 is 9.15 Å². The van der Waals surface area contributed by atoms with Crippen LogP contribution >= 0.6 is 0 Å². The maximum atomic E-state index is 11.8. The average molecular weight is 308 g/mol. The summed E-state index contributed by atoms with van der Waals surface area (Å²) in [5.41, 5.74) is 0.845. The van der Waals surface area contributed by atoms with Gasteiger partial charge in [-0.15, -0.1) is 0 Å². The van der Waals surface area contributed by atoms with Gasteiger partial charge in [-0.1, -0.05) is 12.1 Å². The summed E-state index contributed by atoms with van der Waals surface area (Å²) in [7, 11) is -1.54. The van der Waals surface area contributed by atoms with Crippen molar-refractivity contribution in [1.82, 2.24) is 9.29 Å². The molecule has 0 saturated carbocycles. The van der Waals surface area contributed by atoms with E-state index in [4.69, 9.17) is 9.15 Å². The van der Waals surface area contributed by atoms with E-state index in [-0.39, 0.29) is 12.3 Å². The molecule has 1 saturated heterocycles. The zero-order valence-corrected chi connectivity index (χ0v) is 12.5. The van der Waals surface area contributed by atoms with Crippen molar-refractivity contribution in [3.05, 3.63) is 36.4 Å². The van der Waals surface area contributed by atoms with Gasteiger partial charge in [0.15, 0.2) is 5.76 Å². The van der Waals surface area contributed by atoms with Crippen LogP contribution in [0.5, 0.6) is 5.75 Å². The van der Waals surface area contributed by atoms with E-state index >= 15 is 0 Å². The van der Waals surface area contributed by atoms with Gasteiger partial charge in [-0.25, -0.2) is 13.4 Å². The summed E-state index contributed by atoms with van der Waals surface area (Å²) < 4.78 is 35.8. The predicted molar refractivity (Wildman–Crippen MR) is 77.3 cm³/mol. The van der Waals surface area contributed by atoms with E-state index in [1.807, 2.05) is 24.3 Å². The minimum absolute atomic E-state index is 0.187. The fourth-order valence-electron chi connectivity index (χ4n) is 2.31. The second-order valence-corrected chi connectivity index (χ2v) is 6.94. The van der Waals surface area contributed by atoms with Gasteiger partial charge >= 0.3 is 0 Å². The molecule has 0 spiro atoms. The molecule has 1 aliphatic heterocycles. The Bertz CT molecular complexity index is 739. The lowest BCUT2D eigenvalue weighted by Crippen LogP contribution is -2.25. The molecule has 1 fully saturated rings. The number of oxazole rings is 1. The number of ether oxygens (including phenoxy) is 1. The highest BCUT2D eigenvalue weighted by atomic mass is 32.2. The Labute approximate surface area is 123 Å². The standard InChI is InChI=1S/C14H16N2O4S/c1-19-12-5-2-4-11(8-12)13-9-15-14(20-13)10-16-6-3-7-21(16,17)18/h2,4-5,8-9H,3,6-7,10H2,1H3. The fourth-order valence-corrected chi connectivity index (χ4v) is 3.78. The highest BCUT2D eigenvalue weighted by Gasteiger charge is 2.29. The molecule has 0 radical (unpaired) electrons. The molecule has 2 heterocycles. The van der Waals surface area contributed by atoms with Crippen LogP contribution in [0.1, 0.15) is 12.3 Å². The maximum absolute atomic E-state index is 11.8. The molecule has 0 aliphatic carbocycles. The largest absolute Gasteiger partial charge is 0.497 e. The van der Waals surface area contributed by atoms with Crippen molar-refractivity contribution in [3.63, 3.8) is 0 Å². The lowest BCUT2D eigenvalue weighted by atomic mass is 10.2. The number of hydrogen-bond donors (Lipinski definition) is 0. The number of hydrogen-bond acceptors (Lipinski definition) is 5. The smallest absolute Gasteiger partial charge is 0.214 e. The number of nitrogens with zero attached hydrogens (tertiary/aromatic N) is 2. The summed E-state index contributed by atoms with van der Waals surface area (Å²) in [5, 5.41) is 0. The minimum atomic E-state index is -3.14. The van der Waals surface area contributed by atoms with Gasteiger partial charge in [0.2, 0.25) is 15.9 Å². The van der Waals surface area contributed by atoms with E-state index in [2.05, 4.69) is 4.98 Å². The van der Waals surface area contributed by atoms with Crippen molar-refractivity contribution in [2.45, 2.75) is 13.0 Å². The van der Waals surface area contributed by atoms with E-state index in [0.29, 0.717) is 24.6 Å². The molecular formula is C14H16N2O4S.